The van der Waals surface area contributed by atoms with Crippen LogP contribution in [-0.4, -0.2) is 29.6 Å². The zero-order valence-corrected chi connectivity index (χ0v) is 10.5. The predicted molar refractivity (Wildman–Crippen MR) is 67.3 cm³/mol. The highest BCUT2D eigenvalue weighted by atomic mass is 35.5. The van der Waals surface area contributed by atoms with Crippen molar-refractivity contribution >= 4 is 35.2 Å². The van der Waals surface area contributed by atoms with Gasteiger partial charge in [-0.15, -0.1) is 23.4 Å². The number of ether oxygens (including phenoxy) is 1. The van der Waals surface area contributed by atoms with Crippen molar-refractivity contribution < 1.29 is 14.3 Å². The molecule has 17 heavy (non-hydrogen) atoms. The Hall–Kier alpha value is -1.20. The number of alkyl halides is 1. The number of nitrogens with two attached hydrogens (primary N) is 1. The van der Waals surface area contributed by atoms with Crippen LogP contribution in [0.2, 0.25) is 0 Å². The summed E-state index contributed by atoms with van der Waals surface area (Å²) in [4.78, 5) is 23.0. The fourth-order valence-electron chi connectivity index (χ4n) is 1.11. The molecule has 0 saturated carbocycles. The maximum absolute atomic E-state index is 11.4. The number of ketones is 1. The van der Waals surface area contributed by atoms with Gasteiger partial charge in [0.1, 0.15) is 0 Å². The van der Waals surface area contributed by atoms with Crippen LogP contribution in [0.1, 0.15) is 0 Å². The van der Waals surface area contributed by atoms with Gasteiger partial charge in [0.15, 0.2) is 11.9 Å². The third-order valence-electron chi connectivity index (χ3n) is 1.89. The van der Waals surface area contributed by atoms with Gasteiger partial charge < -0.3 is 10.5 Å². The molecular weight excluding hydrogens is 262 g/mol. The van der Waals surface area contributed by atoms with Crippen LogP contribution < -0.4 is 5.73 Å². The number of amides is 1. The molecule has 0 saturated heterocycles. The van der Waals surface area contributed by atoms with Crippen molar-refractivity contribution in [2.24, 2.45) is 5.73 Å². The molecule has 0 fully saturated rings. The highest BCUT2D eigenvalue weighted by Crippen LogP contribution is 2.19. The Morgan fingerprint density at radius 2 is 2.00 bits per heavy atom. The Kier molecular flexibility index (Phi) is 5.86. The van der Waals surface area contributed by atoms with Crippen LogP contribution in [0, 0.1) is 0 Å². The summed E-state index contributed by atoms with van der Waals surface area (Å²) in [5, 5.41) is 0. The van der Waals surface area contributed by atoms with Crippen LogP contribution in [0.25, 0.3) is 0 Å². The van der Waals surface area contributed by atoms with Crippen LogP contribution in [0.3, 0.4) is 0 Å². The maximum Gasteiger partial charge on any atom is 0.405 e. The molecule has 1 rings (SSSR count). The number of hydrogen-bond acceptors (Lipinski definition) is 4. The van der Waals surface area contributed by atoms with Crippen molar-refractivity contribution in [3.05, 3.63) is 30.3 Å². The van der Waals surface area contributed by atoms with Gasteiger partial charge in [-0.05, 0) is 12.1 Å². The monoisotopic (exact) mass is 273 g/mol. The van der Waals surface area contributed by atoms with Crippen LogP contribution >= 0.6 is 23.4 Å². The minimum atomic E-state index is -0.970. The summed E-state index contributed by atoms with van der Waals surface area (Å²) < 4.78 is 4.71. The van der Waals surface area contributed by atoms with Gasteiger partial charge in [0.05, 0.1) is 5.88 Å². The number of benzene rings is 1. The van der Waals surface area contributed by atoms with Crippen molar-refractivity contribution in [3.63, 3.8) is 0 Å². The summed E-state index contributed by atoms with van der Waals surface area (Å²) in [6, 6.07) is 9.46. The van der Waals surface area contributed by atoms with E-state index in [0.29, 0.717) is 5.75 Å². The lowest BCUT2D eigenvalue weighted by Crippen LogP contribution is -2.32. The number of primary amides is 1. The van der Waals surface area contributed by atoms with Gasteiger partial charge >= 0.3 is 6.09 Å². The Bertz CT molecular complexity index is 386. The van der Waals surface area contributed by atoms with E-state index >= 15 is 0 Å². The van der Waals surface area contributed by atoms with E-state index in [1.807, 2.05) is 30.3 Å². The van der Waals surface area contributed by atoms with Crippen LogP contribution in [-0.2, 0) is 9.53 Å². The highest BCUT2D eigenvalue weighted by molar-refractivity contribution is 7.99. The quantitative estimate of drug-likeness (QED) is 0.636. The van der Waals surface area contributed by atoms with Crippen molar-refractivity contribution in [1.82, 2.24) is 0 Å². The number of Topliss-reactive ketones (excluding diaryl/α,β-unsaturated/α-hetero) is 1. The molecule has 2 N–H and O–H groups in total. The summed E-state index contributed by atoms with van der Waals surface area (Å²) >= 11 is 6.82. The molecule has 0 heterocycles. The molecule has 0 aromatic heterocycles. The first-order chi connectivity index (χ1) is 8.13. The average Bonchev–Trinajstić information content (AvgIpc) is 2.34. The second-order valence-corrected chi connectivity index (χ2v) is 4.51. The molecule has 1 aromatic carbocycles. The number of hydrogen-bond donors (Lipinski definition) is 1. The van der Waals surface area contributed by atoms with Crippen molar-refractivity contribution in [2.45, 2.75) is 11.0 Å². The fourth-order valence-corrected chi connectivity index (χ4v) is 2.23. The first-order valence-electron chi connectivity index (χ1n) is 4.86. The van der Waals surface area contributed by atoms with Gasteiger partial charge in [0, 0.05) is 10.6 Å². The average molecular weight is 274 g/mol. The van der Waals surface area contributed by atoms with Gasteiger partial charge in [-0.2, -0.15) is 0 Å². The molecule has 0 bridgehead atoms. The van der Waals surface area contributed by atoms with Crippen LogP contribution in [0.15, 0.2) is 35.2 Å². The van der Waals surface area contributed by atoms with Crippen LogP contribution in [0.5, 0.6) is 0 Å². The highest BCUT2D eigenvalue weighted by Gasteiger charge is 2.21. The van der Waals surface area contributed by atoms with E-state index in [-0.39, 0.29) is 11.7 Å². The van der Waals surface area contributed by atoms with E-state index in [1.165, 1.54) is 11.8 Å². The maximum atomic E-state index is 11.4. The second kappa shape index (κ2) is 7.19. The number of carbonyl (C=O) groups excluding carboxylic acids is 2. The van der Waals surface area contributed by atoms with E-state index in [1.54, 1.807) is 0 Å². The molecule has 0 aliphatic carbocycles. The fraction of sp³-hybridized carbons (Fsp3) is 0.273. The smallest absolute Gasteiger partial charge is 0.405 e. The molecule has 6 heteroatoms. The first kappa shape index (κ1) is 13.9. The molecule has 0 spiro atoms. The minimum Gasteiger partial charge on any atom is -0.437 e. The second-order valence-electron chi connectivity index (χ2n) is 3.15. The van der Waals surface area contributed by atoms with E-state index in [9.17, 15) is 9.59 Å². The number of thioether (sulfide) groups is 1. The lowest BCUT2D eigenvalue weighted by Gasteiger charge is -2.13. The molecule has 0 radical (unpaired) electrons. The largest absolute Gasteiger partial charge is 0.437 e. The van der Waals surface area contributed by atoms with E-state index in [2.05, 4.69) is 0 Å². The zero-order valence-electron chi connectivity index (χ0n) is 8.97. The molecule has 1 amide bonds. The Labute approximate surface area is 108 Å². The van der Waals surface area contributed by atoms with Crippen molar-refractivity contribution in [3.8, 4) is 0 Å². The van der Waals surface area contributed by atoms with Crippen LogP contribution in [0.4, 0.5) is 4.79 Å². The van der Waals surface area contributed by atoms with Gasteiger partial charge in [-0.25, -0.2) is 4.79 Å². The summed E-state index contributed by atoms with van der Waals surface area (Å²) in [5.41, 5.74) is 4.89. The topological polar surface area (TPSA) is 69.4 Å². The lowest BCUT2D eigenvalue weighted by molar-refractivity contribution is -0.123. The van der Waals surface area contributed by atoms with E-state index < -0.39 is 12.2 Å². The van der Waals surface area contributed by atoms with E-state index in [0.717, 1.165) is 4.90 Å². The number of rotatable bonds is 6. The number of halogens is 1. The Morgan fingerprint density at radius 3 is 2.53 bits per heavy atom. The molecule has 0 aliphatic rings. The SMILES string of the molecule is NC(=O)OC(CSc1ccccc1)C(=O)CCl. The molecule has 4 nitrogen and oxygen atoms in total. The Morgan fingerprint density at radius 1 is 1.35 bits per heavy atom. The molecule has 0 aliphatic heterocycles. The summed E-state index contributed by atoms with van der Waals surface area (Å²) in [6.45, 7) is 0. The van der Waals surface area contributed by atoms with Crippen molar-refractivity contribution in [2.75, 3.05) is 11.6 Å². The predicted octanol–water partition coefficient (Wildman–Crippen LogP) is 2.05. The lowest BCUT2D eigenvalue weighted by atomic mass is 10.3. The molecule has 1 aromatic rings. The molecular formula is C11H12ClNO3S. The van der Waals surface area contributed by atoms with Crippen molar-refractivity contribution in [1.29, 1.82) is 0 Å². The Balaban J connectivity index is 2.55. The summed E-state index contributed by atoms with van der Waals surface area (Å²) in [5.74, 6) is -0.250. The van der Waals surface area contributed by atoms with Gasteiger partial charge in [0.25, 0.3) is 0 Å². The third kappa shape index (κ3) is 5.10. The molecule has 92 valence electrons. The van der Waals surface area contributed by atoms with Gasteiger partial charge in [0.2, 0.25) is 0 Å². The van der Waals surface area contributed by atoms with Gasteiger partial charge in [-0.3, -0.25) is 4.79 Å². The molecule has 1 atom stereocenters. The van der Waals surface area contributed by atoms with E-state index in [4.69, 9.17) is 22.1 Å². The first-order valence-corrected chi connectivity index (χ1v) is 6.38. The number of carbonyl (C=O) groups is 2. The van der Waals surface area contributed by atoms with Gasteiger partial charge in [-0.1, -0.05) is 18.2 Å². The molecule has 1 unspecified atom stereocenters. The normalized spacial score (nSPS) is 11.8. The summed E-state index contributed by atoms with van der Waals surface area (Å²) in [6.07, 6.45) is -1.86. The summed E-state index contributed by atoms with van der Waals surface area (Å²) in [7, 11) is 0. The minimum absolute atomic E-state index is 0.201. The zero-order chi connectivity index (χ0) is 12.7. The third-order valence-corrected chi connectivity index (χ3v) is 3.23. The standard InChI is InChI=1S/C11H12ClNO3S/c12-6-9(14)10(16-11(13)15)7-17-8-4-2-1-3-5-8/h1-5,10H,6-7H2,(H2,13,15).